The summed E-state index contributed by atoms with van der Waals surface area (Å²) in [5, 5.41) is 6.96. The highest BCUT2D eigenvalue weighted by atomic mass is 127. The molecule has 3 atom stereocenters. The molecule has 182 valence electrons. The largest absolute Gasteiger partial charge is 0.433 e. The van der Waals surface area contributed by atoms with E-state index in [4.69, 9.17) is 9.47 Å². The van der Waals surface area contributed by atoms with Gasteiger partial charge in [0.2, 0.25) is 0 Å². The molecule has 0 aromatic heterocycles. The predicted octanol–water partition coefficient (Wildman–Crippen LogP) is 4.49. The van der Waals surface area contributed by atoms with Crippen LogP contribution in [0.4, 0.5) is 14.5 Å². The van der Waals surface area contributed by atoms with Crippen LogP contribution in [0.25, 0.3) is 0 Å². The highest BCUT2D eigenvalue weighted by molar-refractivity contribution is 14.0. The number of para-hydroxylation sites is 2. The molecule has 9 heteroatoms. The molecule has 0 saturated carbocycles. The van der Waals surface area contributed by atoms with E-state index in [1.165, 1.54) is 0 Å². The van der Waals surface area contributed by atoms with Gasteiger partial charge in [0.15, 0.2) is 5.96 Å². The number of hydrogen-bond acceptors (Lipinski definition) is 4. The topological polar surface area (TPSA) is 58.1 Å². The molecule has 0 bridgehead atoms. The second-order valence-corrected chi connectivity index (χ2v) is 9.44. The molecule has 0 radical (unpaired) electrons. The third-order valence-electron chi connectivity index (χ3n) is 6.00. The van der Waals surface area contributed by atoms with Gasteiger partial charge in [0.25, 0.3) is 0 Å². The number of alkyl halides is 2. The molecule has 2 aliphatic rings. The van der Waals surface area contributed by atoms with Crippen molar-refractivity contribution in [2.75, 3.05) is 38.2 Å². The zero-order valence-corrected chi connectivity index (χ0v) is 21.8. The fourth-order valence-electron chi connectivity index (χ4n) is 4.64. The summed E-state index contributed by atoms with van der Waals surface area (Å²) in [6.07, 6.45) is 3.34. The van der Waals surface area contributed by atoms with Crippen molar-refractivity contribution in [3.63, 3.8) is 0 Å². The molecule has 0 amide bonds. The number of nitrogens with one attached hydrogen (secondary N) is 2. The molecule has 0 spiro atoms. The van der Waals surface area contributed by atoms with E-state index in [2.05, 4.69) is 41.3 Å². The normalized spacial score (nSPS) is 24.3. The van der Waals surface area contributed by atoms with Crippen LogP contribution in [0, 0.1) is 11.3 Å². The minimum atomic E-state index is -2.83. The lowest BCUT2D eigenvalue weighted by Crippen LogP contribution is -2.49. The Kier molecular flexibility index (Phi) is 10.3. The van der Waals surface area contributed by atoms with Crippen molar-refractivity contribution in [2.45, 2.75) is 58.8 Å². The van der Waals surface area contributed by atoms with Crippen molar-refractivity contribution >= 4 is 35.6 Å². The SMILES string of the molecule is CN=C(NCC1CCCOC1C(C)(C)C)NC1CCN(c2ccccc2OC(F)F)C1.I. The van der Waals surface area contributed by atoms with Crippen LogP contribution >= 0.6 is 24.0 Å². The fourth-order valence-corrected chi connectivity index (χ4v) is 4.64. The Balaban J connectivity index is 0.00000363. The molecular weight excluding hydrogens is 529 g/mol. The lowest BCUT2D eigenvalue weighted by atomic mass is 9.78. The van der Waals surface area contributed by atoms with E-state index in [0.717, 1.165) is 44.9 Å². The summed E-state index contributed by atoms with van der Waals surface area (Å²) in [6, 6.07) is 7.13. The number of halogens is 3. The molecule has 0 aliphatic carbocycles. The summed E-state index contributed by atoms with van der Waals surface area (Å²) < 4.78 is 36.2. The van der Waals surface area contributed by atoms with E-state index in [1.54, 1.807) is 19.2 Å². The Morgan fingerprint density at radius 1 is 1.28 bits per heavy atom. The highest BCUT2D eigenvalue weighted by Gasteiger charge is 2.35. The Bertz CT molecular complexity index is 745. The Morgan fingerprint density at radius 3 is 2.72 bits per heavy atom. The zero-order valence-electron chi connectivity index (χ0n) is 19.4. The number of ether oxygens (including phenoxy) is 2. The maximum absolute atomic E-state index is 12.7. The van der Waals surface area contributed by atoms with Crippen molar-refractivity contribution in [1.29, 1.82) is 0 Å². The van der Waals surface area contributed by atoms with Gasteiger partial charge in [-0.15, -0.1) is 24.0 Å². The maximum atomic E-state index is 12.7. The van der Waals surface area contributed by atoms with Gasteiger partial charge in [-0.3, -0.25) is 4.99 Å². The molecule has 2 saturated heterocycles. The molecule has 2 heterocycles. The number of nitrogens with zero attached hydrogens (tertiary/aromatic N) is 2. The van der Waals surface area contributed by atoms with Gasteiger partial charge in [0, 0.05) is 45.2 Å². The summed E-state index contributed by atoms with van der Waals surface area (Å²) in [4.78, 5) is 6.47. The van der Waals surface area contributed by atoms with Crippen molar-refractivity contribution in [3.05, 3.63) is 24.3 Å². The van der Waals surface area contributed by atoms with Gasteiger partial charge in [-0.1, -0.05) is 32.9 Å². The first-order valence-corrected chi connectivity index (χ1v) is 11.2. The van der Waals surface area contributed by atoms with Crippen molar-refractivity contribution in [3.8, 4) is 5.75 Å². The highest BCUT2D eigenvalue weighted by Crippen LogP contribution is 2.34. The number of hydrogen-bond donors (Lipinski definition) is 2. The van der Waals surface area contributed by atoms with E-state index in [-0.39, 0.29) is 47.3 Å². The molecule has 1 aromatic rings. The van der Waals surface area contributed by atoms with Gasteiger partial charge in [0.1, 0.15) is 5.75 Å². The Labute approximate surface area is 207 Å². The zero-order chi connectivity index (χ0) is 22.4. The summed E-state index contributed by atoms with van der Waals surface area (Å²) in [6.45, 7) is 6.95. The molecular formula is C23H37F2IN4O2. The van der Waals surface area contributed by atoms with Crippen molar-refractivity contribution < 1.29 is 18.3 Å². The van der Waals surface area contributed by atoms with E-state index in [1.807, 2.05) is 12.1 Å². The van der Waals surface area contributed by atoms with E-state index in [9.17, 15) is 8.78 Å². The van der Waals surface area contributed by atoms with Gasteiger partial charge in [-0.25, -0.2) is 0 Å². The minimum Gasteiger partial charge on any atom is -0.433 e. The van der Waals surface area contributed by atoms with Crippen LogP contribution in [-0.4, -0.2) is 58.0 Å². The Morgan fingerprint density at radius 2 is 2.03 bits per heavy atom. The first-order chi connectivity index (χ1) is 14.8. The van der Waals surface area contributed by atoms with Crippen LogP contribution in [0.1, 0.15) is 40.0 Å². The molecule has 6 nitrogen and oxygen atoms in total. The van der Waals surface area contributed by atoms with Crippen LogP contribution < -0.4 is 20.3 Å². The van der Waals surface area contributed by atoms with Crippen LogP contribution in [0.2, 0.25) is 0 Å². The summed E-state index contributed by atoms with van der Waals surface area (Å²) in [5.74, 6) is 1.42. The van der Waals surface area contributed by atoms with Crippen LogP contribution in [0.5, 0.6) is 5.75 Å². The second kappa shape index (κ2) is 12.2. The molecule has 32 heavy (non-hydrogen) atoms. The first-order valence-electron chi connectivity index (χ1n) is 11.2. The van der Waals surface area contributed by atoms with Crippen LogP contribution in [0.3, 0.4) is 0 Å². The number of rotatable bonds is 6. The number of benzene rings is 1. The monoisotopic (exact) mass is 566 g/mol. The molecule has 1 aromatic carbocycles. The first kappa shape index (κ1) is 26.9. The molecule has 2 N–H and O–H groups in total. The third-order valence-corrected chi connectivity index (χ3v) is 6.00. The lowest BCUT2D eigenvalue weighted by Gasteiger charge is -2.40. The fraction of sp³-hybridized carbons (Fsp3) is 0.696. The average Bonchev–Trinajstić information content (AvgIpc) is 3.19. The summed E-state index contributed by atoms with van der Waals surface area (Å²) >= 11 is 0. The number of anilines is 1. The van der Waals surface area contributed by atoms with Gasteiger partial charge >= 0.3 is 6.61 Å². The van der Waals surface area contributed by atoms with Gasteiger partial charge in [-0.2, -0.15) is 8.78 Å². The van der Waals surface area contributed by atoms with Gasteiger partial charge in [0.05, 0.1) is 11.8 Å². The van der Waals surface area contributed by atoms with Gasteiger partial charge in [-0.05, 0) is 36.8 Å². The van der Waals surface area contributed by atoms with Crippen LogP contribution in [0.15, 0.2) is 29.3 Å². The van der Waals surface area contributed by atoms with E-state index < -0.39 is 6.61 Å². The third kappa shape index (κ3) is 7.33. The van der Waals surface area contributed by atoms with Gasteiger partial charge < -0.3 is 25.0 Å². The van der Waals surface area contributed by atoms with E-state index in [0.29, 0.717) is 18.2 Å². The molecule has 3 rings (SSSR count). The molecule has 3 unspecified atom stereocenters. The van der Waals surface area contributed by atoms with Crippen molar-refractivity contribution in [1.82, 2.24) is 10.6 Å². The molecule has 2 fully saturated rings. The maximum Gasteiger partial charge on any atom is 0.387 e. The number of aliphatic imine (C=N–C) groups is 1. The standard InChI is InChI=1S/C23H36F2N4O2.HI/c1-23(2,3)20-16(8-7-13-30-20)14-27-22(26-4)28-17-11-12-29(15-17)18-9-5-6-10-19(18)31-21(24)25;/h5-6,9-10,16-17,20-21H,7-8,11-15H2,1-4H3,(H2,26,27,28);1H. The Hall–Kier alpha value is -1.36. The number of guanidine groups is 1. The average molecular weight is 566 g/mol. The van der Waals surface area contributed by atoms with Crippen LogP contribution in [-0.2, 0) is 4.74 Å². The van der Waals surface area contributed by atoms with E-state index >= 15 is 0 Å². The predicted molar refractivity (Wildman–Crippen MR) is 136 cm³/mol. The molecule has 2 aliphatic heterocycles. The smallest absolute Gasteiger partial charge is 0.387 e. The second-order valence-electron chi connectivity index (χ2n) is 9.44. The quantitative estimate of drug-likeness (QED) is 0.302. The minimum absolute atomic E-state index is 0. The summed E-state index contributed by atoms with van der Waals surface area (Å²) in [7, 11) is 1.77. The lowest BCUT2D eigenvalue weighted by molar-refractivity contribution is -0.0835. The van der Waals surface area contributed by atoms with Crippen molar-refractivity contribution in [2.24, 2.45) is 16.3 Å². The summed E-state index contributed by atoms with van der Waals surface area (Å²) in [5.41, 5.74) is 0.797.